The minimum Gasteiger partial charge on any atom is -0.0968 e. The monoisotopic (exact) mass is 614 g/mol. The van der Waals surface area contributed by atoms with E-state index in [4.69, 9.17) is 0 Å². The lowest BCUT2D eigenvalue weighted by atomic mass is 9.90. The second kappa shape index (κ2) is 35.1. The molecule has 0 radical (unpaired) electrons. The lowest BCUT2D eigenvalue weighted by molar-refractivity contribution is 0.373. The van der Waals surface area contributed by atoms with Crippen molar-refractivity contribution in [2.45, 2.75) is 245 Å². The third-order valence-corrected chi connectivity index (χ3v) is 10.2. The van der Waals surface area contributed by atoms with Crippen LogP contribution in [0.15, 0.2) is 9.98 Å². The zero-order chi connectivity index (χ0) is 31.4. The van der Waals surface area contributed by atoms with Crippen molar-refractivity contribution in [2.24, 2.45) is 15.9 Å². The van der Waals surface area contributed by atoms with E-state index < -0.39 is 0 Å². The molecule has 0 aliphatic carbocycles. The normalized spacial score (nSPS) is 12.8. The fourth-order valence-electron chi connectivity index (χ4n) is 7.13. The molecule has 0 bridgehead atoms. The molecule has 1 aliphatic rings. The van der Waals surface area contributed by atoms with E-state index in [9.17, 15) is 0 Å². The van der Waals surface area contributed by atoms with Gasteiger partial charge >= 0.3 is 0 Å². The van der Waals surface area contributed by atoms with Crippen molar-refractivity contribution >= 4 is 12.4 Å². The molecule has 1 aliphatic heterocycles. The summed E-state index contributed by atoms with van der Waals surface area (Å²) in [5, 5.41) is 0. The van der Waals surface area contributed by atoms with Gasteiger partial charge in [0.2, 0.25) is 6.17 Å². The summed E-state index contributed by atoms with van der Waals surface area (Å²) in [4.78, 5) is 8.87. The predicted octanol–water partition coefficient (Wildman–Crippen LogP) is 15.3. The third-order valence-electron chi connectivity index (χ3n) is 10.2. The Morgan fingerprint density at radius 3 is 0.864 bits per heavy atom. The molecule has 0 spiro atoms. The second-order valence-corrected chi connectivity index (χ2v) is 14.6. The van der Waals surface area contributed by atoms with E-state index in [0.29, 0.717) is 0 Å². The first-order chi connectivity index (χ1) is 21.9. The summed E-state index contributed by atoms with van der Waals surface area (Å²) >= 11 is 0. The first-order valence-corrected chi connectivity index (χ1v) is 20.8. The quantitative estimate of drug-likeness (QED) is 0.0492. The molecule has 44 heavy (non-hydrogen) atoms. The molecule has 1 heterocycles. The van der Waals surface area contributed by atoms with Crippen LogP contribution in [0.2, 0.25) is 0 Å². The molecule has 258 valence electrons. The van der Waals surface area contributed by atoms with Gasteiger partial charge in [0.1, 0.15) is 0 Å². The Bertz CT molecular complexity index is 549. The lowest BCUT2D eigenvalue weighted by Crippen LogP contribution is -2.03. The first kappa shape index (κ1) is 41.2. The Morgan fingerprint density at radius 1 is 0.341 bits per heavy atom. The molecule has 1 rings (SSSR count). The minimum atomic E-state index is 0.881. The second-order valence-electron chi connectivity index (χ2n) is 14.6. The highest BCUT2D eigenvalue weighted by Gasteiger charge is 2.18. The Morgan fingerprint density at radius 2 is 0.591 bits per heavy atom. The van der Waals surface area contributed by atoms with Crippen LogP contribution in [0.1, 0.15) is 245 Å². The average molecular weight is 614 g/mol. The molecule has 2 nitrogen and oxygen atoms in total. The maximum Gasteiger partial charge on any atom is 0.240 e. The van der Waals surface area contributed by atoms with Crippen LogP contribution in [-0.2, 0) is 0 Å². The van der Waals surface area contributed by atoms with Crippen LogP contribution in [0.5, 0.6) is 0 Å². The van der Waals surface area contributed by atoms with E-state index in [-0.39, 0.29) is 0 Å². The molecular formula is C42H81N2+. The first-order valence-electron chi connectivity index (χ1n) is 20.8. The average Bonchev–Trinajstić information content (AvgIpc) is 3.56. The maximum atomic E-state index is 4.44. The largest absolute Gasteiger partial charge is 0.240 e. The summed E-state index contributed by atoms with van der Waals surface area (Å²) in [6, 6.07) is 0. The Balaban J connectivity index is 1.95. The molecule has 0 aromatic rings. The fraction of sp³-hybridized carbons (Fsp3) is 0.929. The van der Waals surface area contributed by atoms with Crippen molar-refractivity contribution in [1.82, 2.24) is 0 Å². The summed E-state index contributed by atoms with van der Waals surface area (Å²) in [6.45, 7) is 4.62. The van der Waals surface area contributed by atoms with E-state index in [1.54, 1.807) is 0 Å². The molecule has 0 N–H and O–H groups in total. The van der Waals surface area contributed by atoms with Gasteiger partial charge in [0, 0.05) is 0 Å². The number of aliphatic imine (C=N–C) groups is 2. The Hall–Kier alpha value is -0.790. The molecule has 0 saturated carbocycles. The van der Waals surface area contributed by atoms with E-state index >= 15 is 0 Å². The van der Waals surface area contributed by atoms with Crippen LogP contribution >= 0.6 is 0 Å². The Labute approximate surface area is 278 Å². The van der Waals surface area contributed by atoms with Gasteiger partial charge in [-0.2, -0.15) is 0 Å². The van der Waals surface area contributed by atoms with Gasteiger partial charge in [0.05, 0.1) is 6.42 Å². The number of rotatable bonds is 37. The van der Waals surface area contributed by atoms with Crippen molar-refractivity contribution in [3.8, 4) is 0 Å². The zero-order valence-corrected chi connectivity index (χ0v) is 30.6. The van der Waals surface area contributed by atoms with Crippen LogP contribution in [0.25, 0.3) is 0 Å². The van der Waals surface area contributed by atoms with E-state index in [1.165, 1.54) is 225 Å². The van der Waals surface area contributed by atoms with Crippen LogP contribution in [0, 0.1) is 12.1 Å². The van der Waals surface area contributed by atoms with Crippen molar-refractivity contribution in [2.75, 3.05) is 0 Å². The molecule has 0 aromatic carbocycles. The maximum absolute atomic E-state index is 4.44. The van der Waals surface area contributed by atoms with Gasteiger partial charge in [-0.15, -0.1) is 0 Å². The van der Waals surface area contributed by atoms with Gasteiger partial charge in [0.25, 0.3) is 0 Å². The summed E-state index contributed by atoms with van der Waals surface area (Å²) < 4.78 is 0. The highest BCUT2D eigenvalue weighted by atomic mass is 15.0. The topological polar surface area (TPSA) is 24.7 Å². The van der Waals surface area contributed by atoms with Gasteiger partial charge < -0.3 is 0 Å². The SMILES string of the molecule is CCCCCCCCCCCCCCCCCCC(CCCCCCCCCCCCCCCCCC)CC[C+]1N=CC=N1. The van der Waals surface area contributed by atoms with Crippen LogP contribution in [0.3, 0.4) is 0 Å². The van der Waals surface area contributed by atoms with Gasteiger partial charge in [-0.1, -0.05) is 242 Å². The van der Waals surface area contributed by atoms with Crippen molar-refractivity contribution in [3.05, 3.63) is 6.17 Å². The van der Waals surface area contributed by atoms with Gasteiger partial charge in [-0.3, -0.25) is 0 Å². The smallest absolute Gasteiger partial charge is 0.0968 e. The van der Waals surface area contributed by atoms with Gasteiger partial charge in [0.15, 0.2) is 12.4 Å². The molecule has 2 heteroatoms. The van der Waals surface area contributed by atoms with Crippen molar-refractivity contribution < 1.29 is 0 Å². The van der Waals surface area contributed by atoms with Crippen molar-refractivity contribution in [1.29, 1.82) is 0 Å². The van der Waals surface area contributed by atoms with E-state index in [1.807, 2.05) is 12.4 Å². The molecule has 0 atom stereocenters. The summed E-state index contributed by atoms with van der Waals surface area (Å²) in [6.07, 6.45) is 56.6. The van der Waals surface area contributed by atoms with Crippen LogP contribution < -0.4 is 0 Å². The molecule has 0 unspecified atom stereocenters. The molecular weight excluding hydrogens is 532 g/mol. The van der Waals surface area contributed by atoms with Crippen LogP contribution in [-0.4, -0.2) is 12.4 Å². The summed E-state index contributed by atoms with van der Waals surface area (Å²) in [5.41, 5.74) is 0. The number of nitrogens with zero attached hydrogens (tertiary/aromatic N) is 2. The molecule has 0 fully saturated rings. The van der Waals surface area contributed by atoms with Gasteiger partial charge in [-0.05, 0) is 12.3 Å². The fourth-order valence-corrected chi connectivity index (χ4v) is 7.13. The lowest BCUT2D eigenvalue weighted by Gasteiger charge is -2.16. The number of hydrogen-bond donors (Lipinski definition) is 0. The standard InChI is InChI=1S/C42H81N2/c1-3-5-7-9-11-13-15-17-19-21-23-25-27-29-31-33-35-41(37-38-42-43-39-40-44-42)36-34-32-30-28-26-24-22-20-18-16-14-12-10-8-6-4-2/h39-41H,3-38H2,1-2H3/q+1. The minimum absolute atomic E-state index is 0.881. The van der Waals surface area contributed by atoms with E-state index in [0.717, 1.165) is 18.5 Å². The zero-order valence-electron chi connectivity index (χ0n) is 30.6. The molecule has 0 amide bonds. The van der Waals surface area contributed by atoms with Crippen molar-refractivity contribution in [3.63, 3.8) is 0 Å². The third kappa shape index (κ3) is 29.9. The molecule has 0 saturated heterocycles. The highest BCUT2D eigenvalue weighted by molar-refractivity contribution is 6.18. The van der Waals surface area contributed by atoms with Crippen LogP contribution in [0.4, 0.5) is 0 Å². The van der Waals surface area contributed by atoms with Gasteiger partial charge in [-0.25, -0.2) is 0 Å². The number of unbranched alkanes of at least 4 members (excludes halogenated alkanes) is 30. The Kier molecular flexibility index (Phi) is 32.9. The highest BCUT2D eigenvalue weighted by Crippen LogP contribution is 2.27. The van der Waals surface area contributed by atoms with E-state index in [2.05, 4.69) is 23.8 Å². The summed E-state index contributed by atoms with van der Waals surface area (Å²) in [7, 11) is 0. The predicted molar refractivity (Wildman–Crippen MR) is 201 cm³/mol. The summed E-state index contributed by atoms with van der Waals surface area (Å²) in [5.74, 6) is 0.881. The number of hydrogen-bond acceptors (Lipinski definition) is 2. The molecule has 0 aromatic heterocycles.